The van der Waals surface area contributed by atoms with Crippen molar-refractivity contribution in [3.05, 3.63) is 28.3 Å². The van der Waals surface area contributed by atoms with Gasteiger partial charge in [0.25, 0.3) is 0 Å². The van der Waals surface area contributed by atoms with Gasteiger partial charge in [-0.1, -0.05) is 5.21 Å². The maximum absolute atomic E-state index is 10.3. The molecule has 0 amide bonds. The molecule has 0 aliphatic heterocycles. The largest absolute Gasteiger partial charge is 0.347 e. The van der Waals surface area contributed by atoms with Gasteiger partial charge >= 0.3 is 5.69 Å². The van der Waals surface area contributed by atoms with E-state index in [0.717, 1.165) is 12.4 Å². The maximum atomic E-state index is 10.3. The van der Waals surface area contributed by atoms with Crippen molar-refractivity contribution in [1.29, 1.82) is 0 Å². The molecule has 16 heavy (non-hydrogen) atoms. The van der Waals surface area contributed by atoms with Crippen LogP contribution in [0.15, 0.2) is 12.4 Å². The summed E-state index contributed by atoms with van der Waals surface area (Å²) in [5.41, 5.74) is -0.162. The van der Waals surface area contributed by atoms with Crippen molar-refractivity contribution in [2.75, 3.05) is 5.32 Å². The molecule has 0 saturated heterocycles. The lowest BCUT2D eigenvalue weighted by atomic mass is 10.5. The highest BCUT2D eigenvalue weighted by molar-refractivity contribution is 5.30. The van der Waals surface area contributed by atoms with Crippen molar-refractivity contribution < 1.29 is 4.92 Å². The lowest BCUT2D eigenvalue weighted by Crippen LogP contribution is -2.05. The molecule has 0 radical (unpaired) electrons. The maximum Gasteiger partial charge on any atom is 0.305 e. The summed E-state index contributed by atoms with van der Waals surface area (Å²) < 4.78 is 0. The van der Waals surface area contributed by atoms with E-state index < -0.39 is 4.92 Å². The number of rotatable bonds is 4. The topological polar surface area (TPSA) is 135 Å². The van der Waals surface area contributed by atoms with Gasteiger partial charge in [0.2, 0.25) is 5.95 Å². The minimum Gasteiger partial charge on any atom is -0.347 e. The van der Waals surface area contributed by atoms with E-state index in [0.29, 0.717) is 5.82 Å². The Morgan fingerprint density at radius 3 is 2.75 bits per heavy atom. The Bertz CT molecular complexity index is 466. The van der Waals surface area contributed by atoms with Crippen LogP contribution in [0, 0.1) is 10.1 Å². The quantitative estimate of drug-likeness (QED) is 0.522. The molecule has 0 aromatic carbocycles. The van der Waals surface area contributed by atoms with E-state index in [2.05, 4.69) is 35.9 Å². The molecule has 0 aliphatic rings. The summed E-state index contributed by atoms with van der Waals surface area (Å²) in [6.07, 6.45) is 2.23. The minimum atomic E-state index is -0.567. The summed E-state index contributed by atoms with van der Waals surface area (Å²) in [7, 11) is 0. The third kappa shape index (κ3) is 2.23. The second-order valence-corrected chi connectivity index (χ2v) is 2.70. The first kappa shape index (κ1) is 9.89. The predicted octanol–water partition coefficient (Wildman–Crippen LogP) is -0.490. The average Bonchev–Trinajstić information content (AvgIpc) is 2.80. The molecule has 0 bridgehead atoms. The van der Waals surface area contributed by atoms with Gasteiger partial charge in [-0.3, -0.25) is 10.1 Å². The van der Waals surface area contributed by atoms with Crippen molar-refractivity contribution in [2.24, 2.45) is 0 Å². The first-order chi connectivity index (χ1) is 7.75. The van der Waals surface area contributed by atoms with Crippen molar-refractivity contribution in [3.8, 4) is 0 Å². The van der Waals surface area contributed by atoms with Gasteiger partial charge in [-0.25, -0.2) is 9.97 Å². The van der Waals surface area contributed by atoms with Crippen LogP contribution in [-0.2, 0) is 6.54 Å². The molecular formula is C6H6N8O2. The smallest absolute Gasteiger partial charge is 0.305 e. The first-order valence-electron chi connectivity index (χ1n) is 4.18. The highest BCUT2D eigenvalue weighted by atomic mass is 16.6. The second kappa shape index (κ2) is 4.25. The molecule has 0 unspecified atom stereocenters. The number of H-pyrrole nitrogens is 1. The van der Waals surface area contributed by atoms with Crippen molar-refractivity contribution in [3.63, 3.8) is 0 Å². The van der Waals surface area contributed by atoms with Crippen LogP contribution in [0.1, 0.15) is 5.82 Å². The molecule has 2 rings (SSSR count). The molecule has 82 valence electrons. The molecule has 2 aromatic rings. The fraction of sp³-hybridized carbons (Fsp3) is 0.167. The summed E-state index contributed by atoms with van der Waals surface area (Å²) in [6, 6.07) is 0. The van der Waals surface area contributed by atoms with Gasteiger partial charge in [-0.2, -0.15) is 5.21 Å². The highest BCUT2D eigenvalue weighted by Gasteiger charge is 2.06. The van der Waals surface area contributed by atoms with E-state index in [9.17, 15) is 10.1 Å². The van der Waals surface area contributed by atoms with Crippen LogP contribution in [0.4, 0.5) is 11.6 Å². The number of tetrazole rings is 1. The molecule has 0 fully saturated rings. The Balaban J connectivity index is 1.98. The number of nitro groups is 1. The van der Waals surface area contributed by atoms with Gasteiger partial charge in [0.1, 0.15) is 12.4 Å². The lowest BCUT2D eigenvalue weighted by molar-refractivity contribution is -0.385. The summed E-state index contributed by atoms with van der Waals surface area (Å²) in [5, 5.41) is 26.2. The second-order valence-electron chi connectivity index (χ2n) is 2.70. The SMILES string of the molecule is O=[N+]([O-])c1cnc(NCc2nn[nH]n2)nc1. The zero-order valence-electron chi connectivity index (χ0n) is 7.86. The Kier molecular flexibility index (Phi) is 2.63. The van der Waals surface area contributed by atoms with E-state index in [1.165, 1.54) is 0 Å². The number of aromatic amines is 1. The van der Waals surface area contributed by atoms with Gasteiger partial charge in [-0.15, -0.1) is 10.2 Å². The van der Waals surface area contributed by atoms with E-state index in [1.807, 2.05) is 0 Å². The average molecular weight is 222 g/mol. The molecule has 0 saturated carbocycles. The van der Waals surface area contributed by atoms with E-state index >= 15 is 0 Å². The molecular weight excluding hydrogens is 216 g/mol. The van der Waals surface area contributed by atoms with Crippen LogP contribution in [0.25, 0.3) is 0 Å². The van der Waals surface area contributed by atoms with Gasteiger partial charge in [0, 0.05) is 0 Å². The number of nitrogens with one attached hydrogen (secondary N) is 2. The van der Waals surface area contributed by atoms with Gasteiger partial charge in [0.05, 0.1) is 11.5 Å². The zero-order valence-corrected chi connectivity index (χ0v) is 7.86. The minimum absolute atomic E-state index is 0.162. The van der Waals surface area contributed by atoms with Crippen LogP contribution >= 0.6 is 0 Å². The Morgan fingerprint density at radius 1 is 1.44 bits per heavy atom. The Labute approximate surface area is 88.3 Å². The van der Waals surface area contributed by atoms with Crippen LogP contribution in [0.5, 0.6) is 0 Å². The molecule has 10 heteroatoms. The molecule has 0 aliphatic carbocycles. The number of hydrogen-bond acceptors (Lipinski definition) is 8. The standard InChI is InChI=1S/C6H6N8O2/c15-14(16)4-1-7-6(8-2-4)9-3-5-10-12-13-11-5/h1-2H,3H2,(H,7,8,9)(H,10,11,12,13). The predicted molar refractivity (Wildman–Crippen MR) is 50.2 cm³/mol. The highest BCUT2D eigenvalue weighted by Crippen LogP contribution is 2.08. The van der Waals surface area contributed by atoms with E-state index in [1.54, 1.807) is 0 Å². The van der Waals surface area contributed by atoms with Crippen LogP contribution in [0.3, 0.4) is 0 Å². The van der Waals surface area contributed by atoms with Crippen LogP contribution in [-0.4, -0.2) is 35.5 Å². The van der Waals surface area contributed by atoms with Gasteiger partial charge in [0.15, 0.2) is 5.82 Å². The van der Waals surface area contributed by atoms with Gasteiger partial charge < -0.3 is 5.32 Å². The van der Waals surface area contributed by atoms with Crippen molar-refractivity contribution in [2.45, 2.75) is 6.54 Å². The summed E-state index contributed by atoms with van der Waals surface area (Å²) in [4.78, 5) is 17.3. The molecule has 0 spiro atoms. The molecule has 10 nitrogen and oxygen atoms in total. The number of nitrogens with zero attached hydrogens (tertiary/aromatic N) is 6. The first-order valence-corrected chi connectivity index (χ1v) is 4.18. The monoisotopic (exact) mass is 222 g/mol. The molecule has 2 N–H and O–H groups in total. The number of aromatic nitrogens is 6. The molecule has 2 heterocycles. The number of hydrogen-bond donors (Lipinski definition) is 2. The fourth-order valence-electron chi connectivity index (χ4n) is 0.922. The molecule has 2 aromatic heterocycles. The summed E-state index contributed by atoms with van der Waals surface area (Å²) in [6.45, 7) is 0.286. The molecule has 0 atom stereocenters. The zero-order chi connectivity index (χ0) is 11.4. The van der Waals surface area contributed by atoms with Crippen molar-refractivity contribution in [1.82, 2.24) is 30.6 Å². The van der Waals surface area contributed by atoms with Crippen LogP contribution in [0.2, 0.25) is 0 Å². The van der Waals surface area contributed by atoms with E-state index in [-0.39, 0.29) is 18.2 Å². The third-order valence-corrected chi connectivity index (χ3v) is 1.64. The van der Waals surface area contributed by atoms with E-state index in [4.69, 9.17) is 0 Å². The van der Waals surface area contributed by atoms with Crippen LogP contribution < -0.4 is 5.32 Å². The Morgan fingerprint density at radius 2 is 2.19 bits per heavy atom. The summed E-state index contributed by atoms with van der Waals surface area (Å²) >= 11 is 0. The number of anilines is 1. The lowest BCUT2D eigenvalue weighted by Gasteiger charge is -1.99. The summed E-state index contributed by atoms with van der Waals surface area (Å²) in [5.74, 6) is 0.706. The fourth-order valence-corrected chi connectivity index (χ4v) is 0.922. The third-order valence-electron chi connectivity index (χ3n) is 1.64. The Hall–Kier alpha value is -2.65. The normalized spacial score (nSPS) is 10.0. The van der Waals surface area contributed by atoms with Crippen molar-refractivity contribution >= 4 is 11.6 Å². The van der Waals surface area contributed by atoms with Gasteiger partial charge in [-0.05, 0) is 0 Å².